The first-order chi connectivity index (χ1) is 18.3. The Morgan fingerprint density at radius 3 is 2.26 bits per heavy atom. The molecule has 1 atom stereocenters. The highest BCUT2D eigenvalue weighted by molar-refractivity contribution is 6.03. The maximum Gasteiger partial charge on any atom is 0.362 e. The largest absolute Gasteiger partial charge is 0.462 e. The quantitative estimate of drug-likeness (QED) is 0.301. The van der Waals surface area contributed by atoms with Gasteiger partial charge in [-0.3, -0.25) is 4.79 Å². The van der Waals surface area contributed by atoms with E-state index in [2.05, 4.69) is 12.2 Å². The first-order valence-corrected chi connectivity index (χ1v) is 13.9. The minimum absolute atomic E-state index is 0.155. The summed E-state index contributed by atoms with van der Waals surface area (Å²) in [5.74, 6) is -0.907. The summed E-state index contributed by atoms with van der Waals surface area (Å²) in [6.45, 7) is 9.74. The Labute approximate surface area is 227 Å². The summed E-state index contributed by atoms with van der Waals surface area (Å²) >= 11 is 0. The van der Waals surface area contributed by atoms with Gasteiger partial charge in [0.2, 0.25) is 0 Å². The van der Waals surface area contributed by atoms with E-state index in [1.165, 1.54) is 0 Å². The van der Waals surface area contributed by atoms with Crippen LogP contribution >= 0.6 is 0 Å². The number of likely N-dealkylation sites (tertiary alicyclic amines) is 1. The summed E-state index contributed by atoms with van der Waals surface area (Å²) in [4.78, 5) is 39.9. The molecule has 1 aliphatic rings. The second kappa shape index (κ2) is 14.1. The molecule has 1 fully saturated rings. The third-order valence-corrected chi connectivity index (χ3v) is 7.39. The molecule has 7 nitrogen and oxygen atoms in total. The van der Waals surface area contributed by atoms with Gasteiger partial charge in [-0.15, -0.1) is 0 Å². The Hall–Kier alpha value is -3.19. The van der Waals surface area contributed by atoms with Gasteiger partial charge in [0.1, 0.15) is 6.61 Å². The van der Waals surface area contributed by atoms with Gasteiger partial charge in [-0.25, -0.2) is 9.59 Å². The van der Waals surface area contributed by atoms with Crippen molar-refractivity contribution in [1.82, 2.24) is 0 Å². The van der Waals surface area contributed by atoms with Gasteiger partial charge >= 0.3 is 11.9 Å². The van der Waals surface area contributed by atoms with E-state index in [4.69, 9.17) is 9.47 Å². The van der Waals surface area contributed by atoms with Gasteiger partial charge in [0.05, 0.1) is 30.9 Å². The average Bonchev–Trinajstić information content (AvgIpc) is 3.14. The fourth-order valence-corrected chi connectivity index (χ4v) is 5.58. The molecular weight excluding hydrogens is 480 g/mol. The van der Waals surface area contributed by atoms with Crippen molar-refractivity contribution in [3.63, 3.8) is 0 Å². The molecule has 7 heteroatoms. The monoisotopic (exact) mass is 523 g/mol. The predicted octanol–water partition coefficient (Wildman–Crippen LogP) is 5.72. The number of ether oxygens (including phenoxy) is 2. The van der Waals surface area contributed by atoms with Crippen molar-refractivity contribution in [1.29, 1.82) is 0 Å². The van der Waals surface area contributed by atoms with Gasteiger partial charge in [0.15, 0.2) is 12.6 Å². The summed E-state index contributed by atoms with van der Waals surface area (Å²) in [5, 5.41) is 3.10. The van der Waals surface area contributed by atoms with Gasteiger partial charge in [0.25, 0.3) is 5.91 Å². The first-order valence-electron chi connectivity index (χ1n) is 13.9. The van der Waals surface area contributed by atoms with E-state index in [-0.39, 0.29) is 31.6 Å². The molecular formula is C31H43N2O5+. The molecule has 0 aliphatic carbocycles. The highest BCUT2D eigenvalue weighted by atomic mass is 16.5. The summed E-state index contributed by atoms with van der Waals surface area (Å²) in [7, 11) is 0. The van der Waals surface area contributed by atoms with Crippen molar-refractivity contribution in [3.8, 4) is 0 Å². The number of amides is 1. The number of nitrogens with zero attached hydrogens (tertiary/aromatic N) is 1. The molecule has 0 aromatic heterocycles. The second-order valence-corrected chi connectivity index (χ2v) is 10.4. The highest BCUT2D eigenvalue weighted by Gasteiger charge is 2.44. The number of aryl methyl sites for hydroxylation is 2. The number of nitrogens with one attached hydrogen (secondary N) is 1. The standard InChI is InChI=1S/C31H42N2O5/c1-5-14-27(30(35)32-29-24(4)19-23(3)20-26(29)31(36)37-6-2)33(17-12-7-8-13-18-33)21-28(34)38-22-25-15-10-9-11-16-25/h9-11,15-16,19-20,27H,5-8,12-14,17-18,21-22H2,1-4H3/p+1. The Kier molecular flexibility index (Phi) is 10.9. The third kappa shape index (κ3) is 7.67. The number of hydrogen-bond acceptors (Lipinski definition) is 5. The molecule has 1 amide bonds. The Balaban J connectivity index is 1.89. The highest BCUT2D eigenvalue weighted by Crippen LogP contribution is 2.29. The Morgan fingerprint density at radius 2 is 1.63 bits per heavy atom. The topological polar surface area (TPSA) is 81.7 Å². The van der Waals surface area contributed by atoms with Crippen LogP contribution in [0.1, 0.15) is 79.4 Å². The molecule has 1 N–H and O–H groups in total. The average molecular weight is 524 g/mol. The van der Waals surface area contributed by atoms with Gasteiger partial charge in [-0.2, -0.15) is 0 Å². The second-order valence-electron chi connectivity index (χ2n) is 10.4. The van der Waals surface area contributed by atoms with Crippen LogP contribution in [0.5, 0.6) is 0 Å². The summed E-state index contributed by atoms with van der Waals surface area (Å²) < 4.78 is 11.3. The van der Waals surface area contributed by atoms with Crippen LogP contribution in [-0.4, -0.2) is 54.6 Å². The zero-order valence-electron chi connectivity index (χ0n) is 23.4. The fraction of sp³-hybridized carbons (Fsp3) is 0.516. The molecule has 0 saturated carbocycles. The lowest BCUT2D eigenvalue weighted by molar-refractivity contribution is -0.935. The number of anilines is 1. The van der Waals surface area contributed by atoms with Crippen LogP contribution in [0.2, 0.25) is 0 Å². The van der Waals surface area contributed by atoms with Crippen LogP contribution in [0.15, 0.2) is 42.5 Å². The van der Waals surface area contributed by atoms with Gasteiger partial charge in [-0.1, -0.05) is 43.3 Å². The molecule has 1 aliphatic heterocycles. The maximum absolute atomic E-state index is 14.0. The minimum atomic E-state index is -0.454. The molecule has 0 bridgehead atoms. The van der Waals surface area contributed by atoms with Crippen LogP contribution in [0.25, 0.3) is 0 Å². The van der Waals surface area contributed by atoms with Crippen molar-refractivity contribution in [2.24, 2.45) is 0 Å². The molecule has 206 valence electrons. The van der Waals surface area contributed by atoms with Crippen LogP contribution in [0.4, 0.5) is 5.69 Å². The molecule has 0 spiro atoms. The zero-order valence-corrected chi connectivity index (χ0v) is 23.4. The summed E-state index contributed by atoms with van der Waals surface area (Å²) in [6.07, 6.45) is 5.52. The lowest BCUT2D eigenvalue weighted by Crippen LogP contribution is -2.62. The predicted molar refractivity (Wildman–Crippen MR) is 149 cm³/mol. The maximum atomic E-state index is 14.0. The number of quaternary nitrogens is 1. The van der Waals surface area contributed by atoms with Crippen molar-refractivity contribution in [2.45, 2.75) is 78.9 Å². The van der Waals surface area contributed by atoms with Crippen LogP contribution < -0.4 is 5.32 Å². The SMILES string of the molecule is CCCC(C(=O)Nc1c(C)cc(C)cc1C(=O)OCC)[N+]1(CC(=O)OCc2ccccc2)CCCCCC1. The van der Waals surface area contributed by atoms with Crippen LogP contribution in [-0.2, 0) is 25.7 Å². The van der Waals surface area contributed by atoms with Crippen molar-refractivity contribution in [3.05, 3.63) is 64.7 Å². The smallest absolute Gasteiger partial charge is 0.362 e. The molecule has 1 unspecified atom stereocenters. The Bertz CT molecular complexity index is 1090. The normalized spacial score (nSPS) is 15.7. The molecule has 1 saturated heterocycles. The summed E-state index contributed by atoms with van der Waals surface area (Å²) in [5.41, 5.74) is 3.51. The Morgan fingerprint density at radius 1 is 0.947 bits per heavy atom. The van der Waals surface area contributed by atoms with Crippen LogP contribution in [0.3, 0.4) is 0 Å². The van der Waals surface area contributed by atoms with E-state index in [0.717, 1.165) is 61.9 Å². The lowest BCUT2D eigenvalue weighted by atomic mass is 10.0. The molecule has 0 radical (unpaired) electrons. The van der Waals surface area contributed by atoms with Crippen molar-refractivity contribution < 1.29 is 28.3 Å². The van der Waals surface area contributed by atoms with Crippen LogP contribution in [0, 0.1) is 13.8 Å². The van der Waals surface area contributed by atoms with Gasteiger partial charge in [-0.05, 0) is 75.6 Å². The molecule has 1 heterocycles. The number of carbonyl (C=O) groups excluding carboxylic acids is 3. The molecule has 38 heavy (non-hydrogen) atoms. The minimum Gasteiger partial charge on any atom is -0.462 e. The number of esters is 2. The van der Waals surface area contributed by atoms with Gasteiger partial charge in [0, 0.05) is 6.42 Å². The molecule has 3 rings (SSSR count). The number of hydrogen-bond donors (Lipinski definition) is 1. The van der Waals surface area contributed by atoms with Crippen molar-refractivity contribution in [2.75, 3.05) is 31.6 Å². The van der Waals surface area contributed by atoms with E-state index < -0.39 is 12.0 Å². The zero-order chi connectivity index (χ0) is 27.5. The van der Waals surface area contributed by atoms with Crippen molar-refractivity contribution >= 4 is 23.5 Å². The third-order valence-electron chi connectivity index (χ3n) is 7.39. The van der Waals surface area contributed by atoms with Gasteiger partial charge < -0.3 is 19.3 Å². The van der Waals surface area contributed by atoms with E-state index in [0.29, 0.717) is 22.2 Å². The number of benzene rings is 2. The van der Waals surface area contributed by atoms with E-state index in [9.17, 15) is 14.4 Å². The summed E-state index contributed by atoms with van der Waals surface area (Å²) in [6, 6.07) is 12.9. The first kappa shape index (κ1) is 29.4. The molecule has 2 aromatic carbocycles. The number of rotatable bonds is 11. The van der Waals surface area contributed by atoms with E-state index in [1.54, 1.807) is 13.0 Å². The number of carbonyl (C=O) groups is 3. The molecule has 2 aromatic rings. The lowest BCUT2D eigenvalue weighted by Gasteiger charge is -2.42. The van der Waals surface area contributed by atoms with E-state index in [1.807, 2.05) is 50.2 Å². The van der Waals surface area contributed by atoms with E-state index >= 15 is 0 Å². The fourth-order valence-electron chi connectivity index (χ4n) is 5.58.